The van der Waals surface area contributed by atoms with Gasteiger partial charge in [0.15, 0.2) is 18.4 Å². The number of pyridine rings is 2. The SMILES string of the molecule is CCc1cc(-c2ccccc2)ccc1-c1cc(C)cc[n+]1C(c1ccccc1C1=[N+](C)CC(C)=CC=C1)C1c2ccccc2-c2cccc(C)[n+]21. The van der Waals surface area contributed by atoms with Crippen molar-refractivity contribution in [3.63, 3.8) is 0 Å². The van der Waals surface area contributed by atoms with Gasteiger partial charge in [-0.3, -0.25) is 0 Å². The van der Waals surface area contributed by atoms with E-state index in [-0.39, 0.29) is 12.1 Å². The standard InChI is InChI=1S/C48H46N3/c1-6-36-31-38(37-18-8-7-9-19-37)26-27-39(36)46-30-33(2)28-29-50(46)47(42-22-12-10-20-40(42)44-24-14-16-34(3)32-49(44)5)48-43-23-13-11-21-41(43)45-25-15-17-35(4)51(45)48/h7-31,47-48H,6,32H2,1-5H3/q+3. The Balaban J connectivity index is 1.43. The normalized spacial score (nSPS) is 15.6. The number of hydrogen-bond acceptors (Lipinski definition) is 0. The summed E-state index contributed by atoms with van der Waals surface area (Å²) in [7, 11) is 2.22. The maximum atomic E-state index is 2.59. The lowest BCUT2D eigenvalue weighted by Crippen LogP contribution is -2.55. The molecule has 4 heterocycles. The average Bonchev–Trinajstić information content (AvgIpc) is 3.39. The first-order valence-electron chi connectivity index (χ1n) is 18.2. The highest BCUT2D eigenvalue weighted by Gasteiger charge is 2.50. The highest BCUT2D eigenvalue weighted by molar-refractivity contribution is 6.06. The minimum absolute atomic E-state index is 0.0270. The third kappa shape index (κ3) is 5.87. The molecule has 2 atom stereocenters. The molecular weight excluding hydrogens is 619 g/mol. The summed E-state index contributed by atoms with van der Waals surface area (Å²) in [4.78, 5) is 0. The molecule has 0 spiro atoms. The highest BCUT2D eigenvalue weighted by atomic mass is 15.1. The number of rotatable bonds is 7. The van der Waals surface area contributed by atoms with Gasteiger partial charge in [0.2, 0.25) is 23.1 Å². The second-order valence-corrected chi connectivity index (χ2v) is 14.2. The third-order valence-electron chi connectivity index (χ3n) is 10.8. The van der Waals surface area contributed by atoms with Gasteiger partial charge >= 0.3 is 0 Å². The van der Waals surface area contributed by atoms with Crippen LogP contribution in [-0.4, -0.2) is 23.9 Å². The molecule has 0 N–H and O–H groups in total. The zero-order valence-electron chi connectivity index (χ0n) is 30.3. The minimum atomic E-state index is -0.0598. The molecule has 0 amide bonds. The molecule has 2 aromatic heterocycles. The second kappa shape index (κ2) is 13.6. The van der Waals surface area contributed by atoms with Gasteiger partial charge in [0.25, 0.3) is 6.04 Å². The van der Waals surface area contributed by atoms with E-state index in [1.807, 2.05) is 0 Å². The monoisotopic (exact) mass is 664 g/mol. The number of aryl methyl sites for hydroxylation is 3. The van der Waals surface area contributed by atoms with Gasteiger partial charge in [0.05, 0.1) is 11.1 Å². The van der Waals surface area contributed by atoms with E-state index in [2.05, 4.69) is 200 Å². The Morgan fingerprint density at radius 1 is 0.686 bits per heavy atom. The summed E-state index contributed by atoms with van der Waals surface area (Å²) in [6.07, 6.45) is 10.0. The summed E-state index contributed by atoms with van der Waals surface area (Å²) >= 11 is 0. The fraction of sp³-hybridized carbons (Fsp3) is 0.188. The maximum Gasteiger partial charge on any atom is 0.250 e. The lowest BCUT2D eigenvalue weighted by molar-refractivity contribution is -0.793. The van der Waals surface area contributed by atoms with Gasteiger partial charge in [-0.05, 0) is 72.4 Å². The number of allylic oxidation sites excluding steroid dienone is 3. The van der Waals surface area contributed by atoms with Crippen LogP contribution in [0.4, 0.5) is 0 Å². The molecule has 2 aliphatic heterocycles. The first kappa shape index (κ1) is 32.5. The summed E-state index contributed by atoms with van der Waals surface area (Å²) in [5.74, 6) is 0. The first-order chi connectivity index (χ1) is 24.9. The third-order valence-corrected chi connectivity index (χ3v) is 10.8. The van der Waals surface area contributed by atoms with E-state index in [1.54, 1.807) is 0 Å². The van der Waals surface area contributed by atoms with Crippen molar-refractivity contribution in [1.29, 1.82) is 0 Å². The molecule has 6 aromatic rings. The highest BCUT2D eigenvalue weighted by Crippen LogP contribution is 2.42. The van der Waals surface area contributed by atoms with Crippen molar-refractivity contribution in [3.05, 3.63) is 191 Å². The van der Waals surface area contributed by atoms with Crippen LogP contribution in [0.1, 0.15) is 59.4 Å². The number of aromatic nitrogens is 2. The lowest BCUT2D eigenvalue weighted by atomic mass is 9.87. The van der Waals surface area contributed by atoms with Crippen molar-refractivity contribution in [3.8, 4) is 33.6 Å². The van der Waals surface area contributed by atoms with E-state index in [1.165, 1.54) is 78.4 Å². The number of nitrogens with zero attached hydrogens (tertiary/aromatic N) is 3. The van der Waals surface area contributed by atoms with Crippen LogP contribution < -0.4 is 9.13 Å². The number of fused-ring (bicyclic) bond motifs is 3. The van der Waals surface area contributed by atoms with Crippen LogP contribution in [-0.2, 0) is 6.42 Å². The molecule has 2 unspecified atom stereocenters. The van der Waals surface area contributed by atoms with E-state index >= 15 is 0 Å². The smallest absolute Gasteiger partial charge is 0.228 e. The van der Waals surface area contributed by atoms with E-state index in [9.17, 15) is 0 Å². The van der Waals surface area contributed by atoms with Gasteiger partial charge in [0.1, 0.15) is 7.05 Å². The number of likely N-dealkylation sites (N-methyl/N-ethyl adjacent to an activating group) is 1. The summed E-state index contributed by atoms with van der Waals surface area (Å²) in [6.45, 7) is 9.86. The molecule has 0 saturated heterocycles. The van der Waals surface area contributed by atoms with Crippen molar-refractivity contribution < 1.29 is 13.7 Å². The van der Waals surface area contributed by atoms with Crippen LogP contribution in [0.5, 0.6) is 0 Å². The maximum absolute atomic E-state index is 2.59. The lowest BCUT2D eigenvalue weighted by Gasteiger charge is -2.23. The molecular formula is C48H46N3+3. The fourth-order valence-corrected chi connectivity index (χ4v) is 8.38. The van der Waals surface area contributed by atoms with Crippen molar-refractivity contribution in [2.75, 3.05) is 13.6 Å². The molecule has 3 heteroatoms. The van der Waals surface area contributed by atoms with E-state index in [4.69, 9.17) is 0 Å². The van der Waals surface area contributed by atoms with Gasteiger partial charge in [0, 0.05) is 54.0 Å². The Labute approximate surface area is 302 Å². The van der Waals surface area contributed by atoms with Crippen molar-refractivity contribution >= 4 is 5.71 Å². The molecule has 0 bridgehead atoms. The van der Waals surface area contributed by atoms with Gasteiger partial charge in [-0.15, -0.1) is 0 Å². The molecule has 0 aliphatic carbocycles. The predicted octanol–water partition coefficient (Wildman–Crippen LogP) is 9.58. The molecule has 0 radical (unpaired) electrons. The predicted molar refractivity (Wildman–Crippen MR) is 209 cm³/mol. The Kier molecular flexibility index (Phi) is 8.65. The zero-order valence-corrected chi connectivity index (χ0v) is 30.3. The quantitative estimate of drug-likeness (QED) is 0.151. The van der Waals surface area contributed by atoms with Gasteiger partial charge in [-0.2, -0.15) is 9.13 Å². The van der Waals surface area contributed by atoms with E-state index in [0.717, 1.165) is 13.0 Å². The number of hydrogen-bond donors (Lipinski definition) is 0. The molecule has 250 valence electrons. The Hall–Kier alpha value is -5.67. The summed E-state index contributed by atoms with van der Waals surface area (Å²) in [5.41, 5.74) is 18.0. The Morgan fingerprint density at radius 3 is 2.27 bits per heavy atom. The largest absolute Gasteiger partial charge is 0.250 e. The van der Waals surface area contributed by atoms with E-state index < -0.39 is 0 Å². The summed E-state index contributed by atoms with van der Waals surface area (Å²) < 4.78 is 7.58. The van der Waals surface area contributed by atoms with E-state index in [0.29, 0.717) is 0 Å². The Bertz CT molecular complexity index is 2380. The van der Waals surface area contributed by atoms with Gasteiger partial charge in [-0.1, -0.05) is 97.9 Å². The van der Waals surface area contributed by atoms with Crippen LogP contribution in [0, 0.1) is 13.8 Å². The Morgan fingerprint density at radius 2 is 1.45 bits per heavy atom. The molecule has 4 aromatic carbocycles. The molecule has 2 aliphatic rings. The van der Waals surface area contributed by atoms with Crippen molar-refractivity contribution in [2.45, 2.75) is 46.2 Å². The molecule has 8 rings (SSSR count). The molecule has 0 saturated carbocycles. The van der Waals surface area contributed by atoms with Crippen LogP contribution in [0.15, 0.2) is 157 Å². The average molecular weight is 665 g/mol. The minimum Gasteiger partial charge on any atom is -0.228 e. The van der Waals surface area contributed by atoms with Crippen LogP contribution in [0.3, 0.4) is 0 Å². The molecule has 51 heavy (non-hydrogen) atoms. The fourth-order valence-electron chi connectivity index (χ4n) is 8.38. The topological polar surface area (TPSA) is 10.8 Å². The number of benzene rings is 4. The van der Waals surface area contributed by atoms with Crippen LogP contribution >= 0.6 is 0 Å². The van der Waals surface area contributed by atoms with Crippen LogP contribution in [0.25, 0.3) is 33.6 Å². The zero-order chi connectivity index (χ0) is 35.1. The molecule has 0 fully saturated rings. The van der Waals surface area contributed by atoms with Crippen molar-refractivity contribution in [2.24, 2.45) is 0 Å². The van der Waals surface area contributed by atoms with Gasteiger partial charge in [-0.25, -0.2) is 4.58 Å². The summed E-state index contributed by atoms with van der Waals surface area (Å²) in [5, 5.41) is 0. The van der Waals surface area contributed by atoms with Gasteiger partial charge < -0.3 is 0 Å². The first-order valence-corrected chi connectivity index (χ1v) is 18.2. The van der Waals surface area contributed by atoms with Crippen LogP contribution in [0.2, 0.25) is 0 Å². The summed E-state index contributed by atoms with van der Waals surface area (Å²) in [6, 6.07) is 47.3. The molecule has 3 nitrogen and oxygen atoms in total. The van der Waals surface area contributed by atoms with Crippen molar-refractivity contribution in [1.82, 2.24) is 0 Å². The second-order valence-electron chi connectivity index (χ2n) is 14.2.